The second kappa shape index (κ2) is 8.56. The van der Waals surface area contributed by atoms with Crippen LogP contribution in [0.3, 0.4) is 0 Å². The molecule has 0 saturated heterocycles. The lowest BCUT2D eigenvalue weighted by Crippen LogP contribution is -2.20. The number of benzene rings is 3. The van der Waals surface area contributed by atoms with Gasteiger partial charge in [0.1, 0.15) is 17.9 Å². The van der Waals surface area contributed by atoms with Crippen molar-refractivity contribution in [3.05, 3.63) is 94.9 Å². The minimum Gasteiger partial charge on any atom is -0.496 e. The molecule has 0 spiro atoms. The van der Waals surface area contributed by atoms with E-state index < -0.39 is 0 Å². The smallest absolute Gasteiger partial charge is 0.282 e. The van der Waals surface area contributed by atoms with Crippen LogP contribution in [0.4, 0.5) is 0 Å². The first-order valence-electron chi connectivity index (χ1n) is 11.3. The molecular weight excluding hydrogens is 454 g/mol. The largest absolute Gasteiger partial charge is 0.496 e. The first-order chi connectivity index (χ1) is 17.7. The minimum atomic E-state index is -0.319. The predicted molar refractivity (Wildman–Crippen MR) is 138 cm³/mol. The highest BCUT2D eigenvalue weighted by Crippen LogP contribution is 2.33. The van der Waals surface area contributed by atoms with Crippen LogP contribution in [0.25, 0.3) is 44.4 Å². The van der Waals surface area contributed by atoms with Crippen LogP contribution in [-0.4, -0.2) is 27.6 Å². The van der Waals surface area contributed by atoms with E-state index in [4.69, 9.17) is 14.1 Å². The van der Waals surface area contributed by atoms with Gasteiger partial charge in [-0.3, -0.25) is 4.79 Å². The van der Waals surface area contributed by atoms with Gasteiger partial charge in [0.15, 0.2) is 5.76 Å². The Bertz CT molecular complexity index is 1900. The van der Waals surface area contributed by atoms with Gasteiger partial charge in [0.25, 0.3) is 5.56 Å². The average molecular weight is 473 g/mol. The van der Waals surface area contributed by atoms with Crippen LogP contribution in [0.1, 0.15) is 5.56 Å². The average Bonchev–Trinajstić information content (AvgIpc) is 3.50. The number of furan rings is 1. The summed E-state index contributed by atoms with van der Waals surface area (Å²) in [5, 5.41) is 15.9. The standard InChI is InChI=1S/C28H19N5O3/c1-35-24-11-6-12-25-21(24)15-26(36-25)27-31-22-9-4-2-8-20(22)28(34)33(27)30-16-18-17-32(14-13-29)23-10-5-3-7-19(18)23/h2-12,15-17H,14H2,1H3. The van der Waals surface area contributed by atoms with E-state index in [-0.39, 0.29) is 17.9 Å². The molecule has 0 amide bonds. The van der Waals surface area contributed by atoms with Crippen molar-refractivity contribution >= 4 is 39.0 Å². The lowest BCUT2D eigenvalue weighted by molar-refractivity contribution is 0.419. The SMILES string of the molecule is COc1cccc2oc(-c3nc4ccccc4c(=O)n3N=Cc3cn(CC#N)c4ccccc34)cc12. The maximum absolute atomic E-state index is 13.5. The van der Waals surface area contributed by atoms with Crippen molar-refractivity contribution in [3.8, 4) is 23.4 Å². The molecule has 174 valence electrons. The van der Waals surface area contributed by atoms with Crippen LogP contribution in [0.5, 0.6) is 5.75 Å². The van der Waals surface area contributed by atoms with Crippen LogP contribution in [0, 0.1) is 11.3 Å². The van der Waals surface area contributed by atoms with Gasteiger partial charge in [0.05, 0.1) is 35.7 Å². The number of hydrogen-bond acceptors (Lipinski definition) is 6. The van der Waals surface area contributed by atoms with E-state index >= 15 is 0 Å². The van der Waals surface area contributed by atoms with Crippen LogP contribution in [0.15, 0.2) is 93.3 Å². The molecule has 6 rings (SSSR count). The Morgan fingerprint density at radius 2 is 1.86 bits per heavy atom. The Balaban J connectivity index is 1.57. The predicted octanol–water partition coefficient (Wildman–Crippen LogP) is 5.18. The summed E-state index contributed by atoms with van der Waals surface area (Å²) < 4.78 is 14.7. The summed E-state index contributed by atoms with van der Waals surface area (Å²) in [6, 6.07) is 24.4. The number of nitriles is 1. The van der Waals surface area contributed by atoms with E-state index in [0.29, 0.717) is 28.0 Å². The fraction of sp³-hybridized carbons (Fsp3) is 0.0714. The summed E-state index contributed by atoms with van der Waals surface area (Å²) in [6.07, 6.45) is 3.46. The number of fused-ring (bicyclic) bond motifs is 3. The molecule has 3 aromatic carbocycles. The zero-order valence-corrected chi connectivity index (χ0v) is 19.3. The molecule has 0 atom stereocenters. The van der Waals surface area contributed by atoms with Crippen LogP contribution < -0.4 is 10.3 Å². The molecule has 36 heavy (non-hydrogen) atoms. The summed E-state index contributed by atoms with van der Waals surface area (Å²) in [5.74, 6) is 1.32. The van der Waals surface area contributed by atoms with Crippen molar-refractivity contribution in [2.45, 2.75) is 6.54 Å². The molecule has 0 aliphatic heterocycles. The van der Waals surface area contributed by atoms with Crippen LogP contribution in [-0.2, 0) is 6.54 Å². The summed E-state index contributed by atoms with van der Waals surface area (Å²) in [5.41, 5.74) is 2.52. The zero-order valence-electron chi connectivity index (χ0n) is 19.3. The van der Waals surface area contributed by atoms with Gasteiger partial charge in [0, 0.05) is 22.7 Å². The van der Waals surface area contributed by atoms with E-state index in [1.165, 1.54) is 4.68 Å². The topological polar surface area (TPSA) is 98.3 Å². The first-order valence-corrected chi connectivity index (χ1v) is 11.3. The molecule has 0 unspecified atom stereocenters. The fourth-order valence-corrected chi connectivity index (χ4v) is 4.42. The van der Waals surface area contributed by atoms with Crippen molar-refractivity contribution in [3.63, 3.8) is 0 Å². The molecule has 3 heterocycles. The molecule has 0 bridgehead atoms. The molecule has 0 fully saturated rings. The number of rotatable bonds is 5. The van der Waals surface area contributed by atoms with Crippen molar-refractivity contribution in [2.24, 2.45) is 5.10 Å². The van der Waals surface area contributed by atoms with Gasteiger partial charge >= 0.3 is 0 Å². The first kappa shape index (κ1) is 21.4. The normalized spacial score (nSPS) is 11.6. The Kier molecular flexibility index (Phi) is 5.08. The molecular formula is C28H19N5O3. The summed E-state index contributed by atoms with van der Waals surface area (Å²) in [4.78, 5) is 18.3. The van der Waals surface area contributed by atoms with Gasteiger partial charge in [-0.25, -0.2) is 4.98 Å². The van der Waals surface area contributed by atoms with Crippen molar-refractivity contribution < 1.29 is 9.15 Å². The van der Waals surface area contributed by atoms with Gasteiger partial charge in [-0.1, -0.05) is 36.4 Å². The van der Waals surface area contributed by atoms with E-state index in [0.717, 1.165) is 21.9 Å². The molecule has 0 saturated carbocycles. The molecule has 0 radical (unpaired) electrons. The van der Waals surface area contributed by atoms with Gasteiger partial charge in [-0.2, -0.15) is 15.0 Å². The summed E-state index contributed by atoms with van der Waals surface area (Å²) in [6.45, 7) is 0.206. The number of nitrogens with zero attached hydrogens (tertiary/aromatic N) is 5. The third-order valence-corrected chi connectivity index (χ3v) is 6.09. The van der Waals surface area contributed by atoms with E-state index in [1.807, 2.05) is 59.3 Å². The van der Waals surface area contributed by atoms with E-state index in [1.54, 1.807) is 37.6 Å². The molecule has 0 N–H and O–H groups in total. The second-order valence-corrected chi connectivity index (χ2v) is 8.18. The minimum absolute atomic E-state index is 0.206. The van der Waals surface area contributed by atoms with Crippen molar-refractivity contribution in [1.29, 1.82) is 5.26 Å². The maximum Gasteiger partial charge on any atom is 0.282 e. The Labute approximate surface area is 204 Å². The van der Waals surface area contributed by atoms with Gasteiger partial charge in [-0.15, -0.1) is 0 Å². The lowest BCUT2D eigenvalue weighted by atomic mass is 10.2. The molecule has 0 aliphatic carbocycles. The van der Waals surface area contributed by atoms with Crippen molar-refractivity contribution in [1.82, 2.24) is 14.2 Å². The number of aromatic nitrogens is 3. The molecule has 8 nitrogen and oxygen atoms in total. The molecule has 6 aromatic rings. The monoisotopic (exact) mass is 473 g/mol. The fourth-order valence-electron chi connectivity index (χ4n) is 4.42. The Morgan fingerprint density at radius 3 is 2.69 bits per heavy atom. The van der Waals surface area contributed by atoms with E-state index in [2.05, 4.69) is 11.2 Å². The van der Waals surface area contributed by atoms with Crippen molar-refractivity contribution in [2.75, 3.05) is 7.11 Å². The third-order valence-electron chi connectivity index (χ3n) is 6.09. The van der Waals surface area contributed by atoms with Crippen LogP contribution in [0.2, 0.25) is 0 Å². The quantitative estimate of drug-likeness (QED) is 0.321. The zero-order chi connectivity index (χ0) is 24.6. The number of ether oxygens (including phenoxy) is 1. The Hall–Kier alpha value is -5.16. The number of methoxy groups -OCH3 is 1. The summed E-state index contributed by atoms with van der Waals surface area (Å²) in [7, 11) is 1.60. The lowest BCUT2D eigenvalue weighted by Gasteiger charge is -2.07. The molecule has 8 heteroatoms. The summed E-state index contributed by atoms with van der Waals surface area (Å²) >= 11 is 0. The van der Waals surface area contributed by atoms with Gasteiger partial charge in [-0.05, 0) is 36.4 Å². The van der Waals surface area contributed by atoms with E-state index in [9.17, 15) is 10.1 Å². The number of para-hydroxylation sites is 2. The van der Waals surface area contributed by atoms with Gasteiger partial charge in [0.2, 0.25) is 5.82 Å². The molecule has 0 aliphatic rings. The van der Waals surface area contributed by atoms with Gasteiger partial charge < -0.3 is 13.7 Å². The molecule has 3 aromatic heterocycles. The second-order valence-electron chi connectivity index (χ2n) is 8.18. The Morgan fingerprint density at radius 1 is 1.06 bits per heavy atom. The highest BCUT2D eigenvalue weighted by Gasteiger charge is 2.18. The van der Waals surface area contributed by atoms with Crippen LogP contribution >= 0.6 is 0 Å². The maximum atomic E-state index is 13.5. The third kappa shape index (κ3) is 3.42. The highest BCUT2D eigenvalue weighted by atomic mass is 16.5. The highest BCUT2D eigenvalue weighted by molar-refractivity contribution is 5.99. The number of hydrogen-bond donors (Lipinski definition) is 0.